The molecule has 1 saturated carbocycles. The Balaban J connectivity index is 1.35. The molecule has 168 valence electrons. The van der Waals surface area contributed by atoms with Gasteiger partial charge in [-0.2, -0.15) is 0 Å². The van der Waals surface area contributed by atoms with Crippen molar-refractivity contribution in [3.05, 3.63) is 78.5 Å². The number of nitrogens with zero attached hydrogens (tertiary/aromatic N) is 4. The van der Waals surface area contributed by atoms with Crippen molar-refractivity contribution in [3.8, 4) is 11.3 Å². The molecule has 0 spiro atoms. The summed E-state index contributed by atoms with van der Waals surface area (Å²) in [5.74, 6) is 0.0508. The van der Waals surface area contributed by atoms with E-state index >= 15 is 0 Å². The van der Waals surface area contributed by atoms with Gasteiger partial charge in [-0.3, -0.25) is 4.79 Å². The van der Waals surface area contributed by atoms with Crippen LogP contribution >= 0.6 is 0 Å². The molecule has 1 amide bonds. The molecule has 0 radical (unpaired) electrons. The summed E-state index contributed by atoms with van der Waals surface area (Å²) in [5.41, 5.74) is 3.50. The monoisotopic (exact) mass is 439 g/mol. The van der Waals surface area contributed by atoms with Crippen molar-refractivity contribution >= 4 is 5.91 Å². The van der Waals surface area contributed by atoms with E-state index in [-0.39, 0.29) is 29.4 Å². The molecule has 6 heteroatoms. The second kappa shape index (κ2) is 8.03. The largest absolute Gasteiger partial charge is 0.329 e. The van der Waals surface area contributed by atoms with Gasteiger partial charge in [0.25, 0.3) is 5.91 Å². The fourth-order valence-corrected chi connectivity index (χ4v) is 6.53. The maximum atomic E-state index is 14.0. The highest BCUT2D eigenvalue weighted by molar-refractivity contribution is 5.93. The number of benzene rings is 1. The summed E-state index contributed by atoms with van der Waals surface area (Å²) in [6.45, 7) is 2.39. The number of hydrogen-bond donors (Lipinski definition) is 1. The first-order chi connectivity index (χ1) is 16.1. The molecule has 0 unspecified atom stereocenters. The number of nitrogens with one attached hydrogen (secondary N) is 1. The zero-order chi connectivity index (χ0) is 22.4. The number of hydrogen-bond acceptors (Lipinski definition) is 5. The number of fused-ring (bicyclic) bond motifs is 1. The Morgan fingerprint density at radius 3 is 2.73 bits per heavy atom. The standard InChI is InChI=1S/C27H29N5O/c1-27-14-23-22(13-18-7-3-2-4-8-18)31-24(27)11-6-12-25(27)32(23)26(33)21-10-5-9-20(30-21)19-15-28-17-29-16-19/h2-5,7-10,15-17,22-25,31H,6,11-14H2,1H3/t22-,23+,24-,25+,27-/m1/s1. The minimum Gasteiger partial charge on any atom is -0.329 e. The number of amides is 1. The van der Waals surface area contributed by atoms with E-state index in [9.17, 15) is 4.79 Å². The molecule has 1 aliphatic carbocycles. The molecule has 6 nitrogen and oxygen atoms in total. The Morgan fingerprint density at radius 1 is 1.09 bits per heavy atom. The third-order valence-electron chi connectivity index (χ3n) is 8.11. The number of carbonyl (C=O) groups is 1. The summed E-state index contributed by atoms with van der Waals surface area (Å²) in [4.78, 5) is 29.2. The van der Waals surface area contributed by atoms with Crippen LogP contribution in [0.5, 0.6) is 0 Å². The van der Waals surface area contributed by atoms with Crippen LogP contribution in [0, 0.1) is 5.41 Å². The smallest absolute Gasteiger partial charge is 0.273 e. The average molecular weight is 440 g/mol. The minimum atomic E-state index is 0.0508. The zero-order valence-corrected chi connectivity index (χ0v) is 18.9. The van der Waals surface area contributed by atoms with Gasteiger partial charge in [-0.05, 0) is 49.8 Å². The van der Waals surface area contributed by atoms with Crippen LogP contribution in [-0.2, 0) is 6.42 Å². The van der Waals surface area contributed by atoms with Crippen LogP contribution in [0.15, 0.2) is 67.3 Å². The van der Waals surface area contributed by atoms with Crippen LogP contribution in [-0.4, -0.2) is 49.9 Å². The van der Waals surface area contributed by atoms with Crippen LogP contribution < -0.4 is 5.32 Å². The van der Waals surface area contributed by atoms with Crippen LogP contribution in [0.4, 0.5) is 0 Å². The first kappa shape index (κ1) is 20.5. The summed E-state index contributed by atoms with van der Waals surface area (Å²) in [6.07, 6.45) is 10.4. The molecule has 2 aliphatic heterocycles. The molecule has 2 aromatic heterocycles. The van der Waals surface area contributed by atoms with Crippen molar-refractivity contribution in [2.24, 2.45) is 5.41 Å². The predicted octanol–water partition coefficient (Wildman–Crippen LogP) is 3.90. The Bertz CT molecular complexity index is 1150. The van der Waals surface area contributed by atoms with E-state index < -0.39 is 0 Å². The number of carbonyl (C=O) groups excluding carboxylic acids is 1. The lowest BCUT2D eigenvalue weighted by Crippen LogP contribution is -2.58. The van der Waals surface area contributed by atoms with Crippen molar-refractivity contribution in [3.63, 3.8) is 0 Å². The van der Waals surface area contributed by atoms with Crippen LogP contribution in [0.25, 0.3) is 11.3 Å². The van der Waals surface area contributed by atoms with Gasteiger partial charge < -0.3 is 10.2 Å². The Kier molecular flexibility index (Phi) is 4.98. The topological polar surface area (TPSA) is 71.0 Å². The zero-order valence-electron chi connectivity index (χ0n) is 18.9. The third-order valence-corrected chi connectivity index (χ3v) is 8.11. The van der Waals surface area contributed by atoms with Gasteiger partial charge in [0.2, 0.25) is 0 Å². The molecule has 1 N–H and O–H groups in total. The first-order valence-corrected chi connectivity index (χ1v) is 12.0. The first-order valence-electron chi connectivity index (χ1n) is 12.0. The number of rotatable bonds is 4. The van der Waals surface area contributed by atoms with Crippen molar-refractivity contribution in [1.82, 2.24) is 25.2 Å². The maximum Gasteiger partial charge on any atom is 0.273 e. The summed E-state index contributed by atoms with van der Waals surface area (Å²) in [5, 5.41) is 3.98. The second-order valence-electron chi connectivity index (χ2n) is 9.99. The summed E-state index contributed by atoms with van der Waals surface area (Å²) in [6, 6.07) is 17.4. The molecular weight excluding hydrogens is 410 g/mol. The fourth-order valence-electron chi connectivity index (χ4n) is 6.53. The van der Waals surface area contributed by atoms with E-state index in [1.165, 1.54) is 18.3 Å². The molecule has 5 atom stereocenters. The number of aromatic nitrogens is 3. The van der Waals surface area contributed by atoms with E-state index in [1.54, 1.807) is 12.4 Å². The second-order valence-corrected chi connectivity index (χ2v) is 9.99. The van der Waals surface area contributed by atoms with Crippen LogP contribution in [0.3, 0.4) is 0 Å². The predicted molar refractivity (Wildman–Crippen MR) is 126 cm³/mol. The molecule has 1 aromatic carbocycles. The van der Waals surface area contributed by atoms with Crippen LogP contribution in [0.1, 0.15) is 48.7 Å². The molecule has 3 aliphatic rings. The SMILES string of the molecule is C[C@@]12C[C@H]3[C@@H](Cc4ccccc4)N[C@@H]1CCC[C@@H]2N3C(=O)c1cccc(-c2cncnc2)n1. The van der Waals surface area contributed by atoms with E-state index in [2.05, 4.69) is 57.4 Å². The molecule has 6 rings (SSSR count). The molecule has 33 heavy (non-hydrogen) atoms. The Labute approximate surface area is 194 Å². The molecule has 3 fully saturated rings. The van der Waals surface area contributed by atoms with Gasteiger partial charge >= 0.3 is 0 Å². The van der Waals surface area contributed by atoms with Gasteiger partial charge in [0.05, 0.1) is 5.69 Å². The van der Waals surface area contributed by atoms with Crippen molar-refractivity contribution in [1.29, 1.82) is 0 Å². The van der Waals surface area contributed by atoms with Gasteiger partial charge in [0, 0.05) is 47.5 Å². The van der Waals surface area contributed by atoms with Crippen molar-refractivity contribution in [2.75, 3.05) is 0 Å². The highest BCUT2D eigenvalue weighted by Crippen LogP contribution is 2.53. The van der Waals surface area contributed by atoms with E-state index in [4.69, 9.17) is 4.98 Å². The third kappa shape index (κ3) is 3.44. The lowest BCUT2D eigenvalue weighted by molar-refractivity contribution is 0.0553. The Morgan fingerprint density at radius 2 is 1.91 bits per heavy atom. The highest BCUT2D eigenvalue weighted by Gasteiger charge is 2.61. The summed E-state index contributed by atoms with van der Waals surface area (Å²) in [7, 11) is 0. The average Bonchev–Trinajstić information content (AvgIpc) is 3.17. The maximum absolute atomic E-state index is 14.0. The number of likely N-dealkylation sites (tertiary alicyclic amines) is 1. The summed E-state index contributed by atoms with van der Waals surface area (Å²) >= 11 is 0. The van der Waals surface area contributed by atoms with E-state index in [0.717, 1.165) is 36.9 Å². The van der Waals surface area contributed by atoms with Gasteiger partial charge in [-0.15, -0.1) is 0 Å². The van der Waals surface area contributed by atoms with Gasteiger partial charge in [0.15, 0.2) is 0 Å². The lowest BCUT2D eigenvalue weighted by atomic mass is 9.65. The molecule has 2 saturated heterocycles. The minimum absolute atomic E-state index is 0.0508. The number of piperidine rings is 1. The van der Waals surface area contributed by atoms with E-state index in [0.29, 0.717) is 11.7 Å². The Hall–Kier alpha value is -3.12. The van der Waals surface area contributed by atoms with Gasteiger partial charge in [0.1, 0.15) is 12.0 Å². The molecule has 3 aromatic rings. The molecular formula is C27H29N5O. The van der Waals surface area contributed by atoms with Crippen molar-refractivity contribution in [2.45, 2.75) is 63.2 Å². The summed E-state index contributed by atoms with van der Waals surface area (Å²) < 4.78 is 0. The van der Waals surface area contributed by atoms with Crippen molar-refractivity contribution < 1.29 is 4.79 Å². The lowest BCUT2D eigenvalue weighted by Gasteiger charge is -2.46. The highest BCUT2D eigenvalue weighted by atomic mass is 16.2. The van der Waals surface area contributed by atoms with Gasteiger partial charge in [-0.1, -0.05) is 43.3 Å². The van der Waals surface area contributed by atoms with E-state index in [1.807, 2.05) is 18.2 Å². The van der Waals surface area contributed by atoms with Gasteiger partial charge in [-0.25, -0.2) is 15.0 Å². The normalized spacial score (nSPS) is 30.3. The van der Waals surface area contributed by atoms with Crippen LogP contribution in [0.2, 0.25) is 0 Å². The fraction of sp³-hybridized carbons (Fsp3) is 0.407. The quantitative estimate of drug-likeness (QED) is 0.668. The number of pyridine rings is 1. The molecule has 4 heterocycles. The molecule has 2 bridgehead atoms.